The van der Waals surface area contributed by atoms with Crippen molar-refractivity contribution in [1.82, 2.24) is 34.8 Å². The second kappa shape index (κ2) is 7.07. The highest BCUT2D eigenvalue weighted by molar-refractivity contribution is 5.95. The Morgan fingerprint density at radius 3 is 2.62 bits per heavy atom. The lowest BCUT2D eigenvalue weighted by molar-refractivity contribution is 0.0922. The predicted molar refractivity (Wildman–Crippen MR) is 94.9 cm³/mol. The molecule has 0 radical (unpaired) electrons. The van der Waals surface area contributed by atoms with Crippen molar-refractivity contribution >= 4 is 5.91 Å². The van der Waals surface area contributed by atoms with Crippen LogP contribution in [0.1, 0.15) is 47.8 Å². The third kappa shape index (κ3) is 3.22. The summed E-state index contributed by atoms with van der Waals surface area (Å²) < 4.78 is 3.75. The van der Waals surface area contributed by atoms with Gasteiger partial charge in [-0.25, -0.2) is 9.67 Å². The van der Waals surface area contributed by atoms with Crippen LogP contribution in [0.15, 0.2) is 43.2 Å². The Hall–Kier alpha value is -3.03. The van der Waals surface area contributed by atoms with Crippen molar-refractivity contribution in [3.05, 3.63) is 54.5 Å². The summed E-state index contributed by atoms with van der Waals surface area (Å²) in [5.41, 5.74) is 1.39. The Bertz CT molecular complexity index is 864. The maximum Gasteiger partial charge on any atom is 0.254 e. The smallest absolute Gasteiger partial charge is 0.254 e. The molecule has 8 nitrogen and oxygen atoms in total. The van der Waals surface area contributed by atoms with E-state index in [9.17, 15) is 4.79 Å². The van der Waals surface area contributed by atoms with Crippen LogP contribution in [-0.4, -0.2) is 41.5 Å². The summed E-state index contributed by atoms with van der Waals surface area (Å²) in [6.45, 7) is 1.89. The number of carbonyl (C=O) groups is 1. The number of hydrogen-bond acceptors (Lipinski definition) is 5. The molecule has 0 aliphatic heterocycles. The summed E-state index contributed by atoms with van der Waals surface area (Å²) in [5.74, 6) is 0.635. The zero-order valence-corrected chi connectivity index (χ0v) is 14.6. The average Bonchev–Trinajstić information content (AvgIpc) is 3.33. The highest BCUT2D eigenvalue weighted by Crippen LogP contribution is 2.28. The van der Waals surface area contributed by atoms with Gasteiger partial charge in [0.15, 0.2) is 5.82 Å². The molecule has 1 N–H and O–H groups in total. The van der Waals surface area contributed by atoms with Gasteiger partial charge in [-0.1, -0.05) is 6.07 Å². The quantitative estimate of drug-likeness (QED) is 0.777. The van der Waals surface area contributed by atoms with Crippen molar-refractivity contribution < 1.29 is 4.79 Å². The summed E-state index contributed by atoms with van der Waals surface area (Å²) in [7, 11) is 0. The number of nitrogens with zero attached hydrogens (tertiary/aromatic N) is 6. The van der Waals surface area contributed by atoms with Crippen LogP contribution in [0.2, 0.25) is 0 Å². The third-order valence-electron chi connectivity index (χ3n) is 5.01. The number of hydrogen-bond donors (Lipinski definition) is 1. The van der Waals surface area contributed by atoms with E-state index in [1.54, 1.807) is 29.7 Å². The van der Waals surface area contributed by atoms with Gasteiger partial charge >= 0.3 is 0 Å². The van der Waals surface area contributed by atoms with Crippen LogP contribution >= 0.6 is 0 Å². The van der Waals surface area contributed by atoms with Crippen molar-refractivity contribution in [3.63, 3.8) is 0 Å². The van der Waals surface area contributed by atoms with E-state index >= 15 is 0 Å². The number of rotatable bonds is 4. The minimum absolute atomic E-state index is 0.0718. The summed E-state index contributed by atoms with van der Waals surface area (Å²) >= 11 is 0. The van der Waals surface area contributed by atoms with Crippen LogP contribution in [0.25, 0.3) is 5.82 Å². The molecule has 3 aromatic rings. The van der Waals surface area contributed by atoms with Gasteiger partial charge in [-0.3, -0.25) is 4.79 Å². The van der Waals surface area contributed by atoms with Gasteiger partial charge in [0.2, 0.25) is 0 Å². The van der Waals surface area contributed by atoms with Crippen LogP contribution in [0.3, 0.4) is 0 Å². The second-order valence-corrected chi connectivity index (χ2v) is 6.63. The van der Waals surface area contributed by atoms with Crippen LogP contribution in [0, 0.1) is 6.92 Å². The molecule has 1 fully saturated rings. The van der Waals surface area contributed by atoms with Crippen LogP contribution in [0.4, 0.5) is 0 Å². The molecule has 3 aromatic heterocycles. The number of amides is 1. The summed E-state index contributed by atoms with van der Waals surface area (Å²) in [6.07, 6.45) is 10.8. The number of pyridine rings is 1. The molecule has 4 rings (SSSR count). The van der Waals surface area contributed by atoms with Gasteiger partial charge < -0.3 is 9.88 Å². The predicted octanol–water partition coefficient (Wildman–Crippen LogP) is 2.08. The lowest BCUT2D eigenvalue weighted by atomic mass is 9.91. The topological polar surface area (TPSA) is 90.5 Å². The Morgan fingerprint density at radius 2 is 1.92 bits per heavy atom. The molecule has 0 bridgehead atoms. The van der Waals surface area contributed by atoms with Crippen molar-refractivity contribution in [2.45, 2.75) is 44.7 Å². The minimum atomic E-state index is -0.0718. The molecule has 1 aliphatic rings. The van der Waals surface area contributed by atoms with Crippen molar-refractivity contribution in [2.24, 2.45) is 0 Å². The number of aromatic nitrogens is 6. The second-order valence-electron chi connectivity index (χ2n) is 6.63. The van der Waals surface area contributed by atoms with Crippen molar-refractivity contribution in [3.8, 4) is 5.82 Å². The standard InChI is InChI=1S/C18H21N7O/c1-13-16(10-22-25(13)17-4-2-3-9-19-17)18(26)23-14-5-7-15(8-6-14)24-11-20-21-12-24/h2-4,9-12,14-15H,5-8H2,1H3,(H,23,26). The van der Waals surface area contributed by atoms with Gasteiger partial charge in [-0.05, 0) is 44.7 Å². The van der Waals surface area contributed by atoms with Gasteiger partial charge in [-0.2, -0.15) is 5.10 Å². The third-order valence-corrected chi connectivity index (χ3v) is 5.01. The molecule has 0 spiro atoms. The average molecular weight is 351 g/mol. The fourth-order valence-electron chi connectivity index (χ4n) is 3.52. The van der Waals surface area contributed by atoms with Crippen molar-refractivity contribution in [2.75, 3.05) is 0 Å². The highest BCUT2D eigenvalue weighted by atomic mass is 16.1. The SMILES string of the molecule is Cc1c(C(=O)NC2CCC(n3cnnc3)CC2)cnn1-c1ccccn1. The van der Waals surface area contributed by atoms with Crippen LogP contribution in [0.5, 0.6) is 0 Å². The lowest BCUT2D eigenvalue weighted by Gasteiger charge is -2.29. The van der Waals surface area contributed by atoms with Gasteiger partial charge in [-0.15, -0.1) is 10.2 Å². The maximum atomic E-state index is 12.7. The molecular formula is C18H21N7O. The molecule has 134 valence electrons. The fraction of sp³-hybridized carbons (Fsp3) is 0.389. The molecule has 1 saturated carbocycles. The molecule has 1 amide bonds. The molecule has 1 aliphatic carbocycles. The van der Waals surface area contributed by atoms with Crippen LogP contribution in [-0.2, 0) is 0 Å². The Labute approximate surface area is 151 Å². The summed E-state index contributed by atoms with van der Waals surface area (Å²) in [5, 5.41) is 15.2. The molecular weight excluding hydrogens is 330 g/mol. The van der Waals surface area contributed by atoms with E-state index in [0.717, 1.165) is 31.4 Å². The Morgan fingerprint density at radius 1 is 1.15 bits per heavy atom. The van der Waals surface area contributed by atoms with Gasteiger partial charge in [0, 0.05) is 18.3 Å². The first kappa shape index (κ1) is 16.4. The van der Waals surface area contributed by atoms with Gasteiger partial charge in [0.1, 0.15) is 12.7 Å². The van der Waals surface area contributed by atoms with E-state index < -0.39 is 0 Å². The maximum absolute atomic E-state index is 12.7. The van der Waals surface area contributed by atoms with E-state index in [-0.39, 0.29) is 11.9 Å². The fourth-order valence-corrected chi connectivity index (χ4v) is 3.52. The molecule has 0 atom stereocenters. The molecule has 0 aromatic carbocycles. The van der Waals surface area contributed by atoms with E-state index in [4.69, 9.17) is 0 Å². The first-order valence-corrected chi connectivity index (χ1v) is 8.83. The monoisotopic (exact) mass is 351 g/mol. The zero-order chi connectivity index (χ0) is 17.9. The van der Waals surface area contributed by atoms with Gasteiger partial charge in [0.25, 0.3) is 5.91 Å². The van der Waals surface area contributed by atoms with Gasteiger partial charge in [0.05, 0.1) is 17.5 Å². The summed E-state index contributed by atoms with van der Waals surface area (Å²) in [4.78, 5) is 17.0. The number of carbonyl (C=O) groups excluding carboxylic acids is 1. The van der Waals surface area contributed by atoms with E-state index in [2.05, 4.69) is 30.2 Å². The first-order valence-electron chi connectivity index (χ1n) is 8.83. The van der Waals surface area contributed by atoms with Crippen LogP contribution < -0.4 is 5.32 Å². The molecule has 8 heteroatoms. The highest BCUT2D eigenvalue weighted by Gasteiger charge is 2.25. The Kier molecular flexibility index (Phi) is 4.47. The molecule has 26 heavy (non-hydrogen) atoms. The summed E-state index contributed by atoms with van der Waals surface area (Å²) in [6, 6.07) is 6.23. The van der Waals surface area contributed by atoms with Crippen molar-refractivity contribution in [1.29, 1.82) is 0 Å². The molecule has 3 heterocycles. The minimum Gasteiger partial charge on any atom is -0.349 e. The largest absolute Gasteiger partial charge is 0.349 e. The first-order chi connectivity index (χ1) is 12.7. The Balaban J connectivity index is 1.39. The zero-order valence-electron chi connectivity index (χ0n) is 14.6. The van der Waals surface area contributed by atoms with E-state index in [1.165, 1.54) is 0 Å². The molecule has 0 saturated heterocycles. The van der Waals surface area contributed by atoms with E-state index in [0.29, 0.717) is 17.4 Å². The normalized spacial score (nSPS) is 20.0. The lowest BCUT2D eigenvalue weighted by Crippen LogP contribution is -2.38. The van der Waals surface area contributed by atoms with E-state index in [1.807, 2.05) is 25.1 Å². The molecule has 0 unspecified atom stereocenters. The number of nitrogens with one attached hydrogen (secondary N) is 1.